The Morgan fingerprint density at radius 2 is 1.28 bits per heavy atom. The van der Waals surface area contributed by atoms with Gasteiger partial charge in [0.2, 0.25) is 10.0 Å². The fourth-order valence-corrected chi connectivity index (χ4v) is 8.57. The molecule has 0 heterocycles. The van der Waals surface area contributed by atoms with Crippen LogP contribution >= 0.6 is 0 Å². The minimum absolute atomic E-state index is 0.0182. The molecular formula is C43H50FNO6SSi. The second-order valence-electron chi connectivity index (χ2n) is 14.7. The number of para-hydroxylation sites is 1. The van der Waals surface area contributed by atoms with E-state index in [-0.39, 0.29) is 30.3 Å². The van der Waals surface area contributed by atoms with Gasteiger partial charge in [0.1, 0.15) is 41.9 Å². The molecule has 0 radical (unpaired) electrons. The first-order valence-electron chi connectivity index (χ1n) is 17.9. The maximum Gasteiger partial charge on any atom is 0.238 e. The number of nitrogens with one attached hydrogen (secondary N) is 1. The van der Waals surface area contributed by atoms with Crippen LogP contribution < -0.4 is 14.2 Å². The van der Waals surface area contributed by atoms with Crippen LogP contribution in [0.4, 0.5) is 10.1 Å². The smallest absolute Gasteiger partial charge is 0.238 e. The quantitative estimate of drug-likeness (QED) is 0.0918. The van der Waals surface area contributed by atoms with Crippen LogP contribution in [0.5, 0.6) is 11.5 Å². The highest BCUT2D eigenvalue weighted by molar-refractivity contribution is 7.93. The van der Waals surface area contributed by atoms with E-state index in [1.165, 1.54) is 12.1 Å². The summed E-state index contributed by atoms with van der Waals surface area (Å²) in [5.74, 6) is 0.440. The van der Waals surface area contributed by atoms with E-state index < -0.39 is 35.8 Å². The Morgan fingerprint density at radius 1 is 0.736 bits per heavy atom. The van der Waals surface area contributed by atoms with Crippen molar-refractivity contribution < 1.29 is 31.8 Å². The normalized spacial score (nSPS) is 13.9. The Balaban J connectivity index is 1.51. The van der Waals surface area contributed by atoms with Crippen LogP contribution in [-0.2, 0) is 27.7 Å². The molecule has 53 heavy (non-hydrogen) atoms. The summed E-state index contributed by atoms with van der Waals surface area (Å²) in [7, 11) is -6.59. The predicted molar refractivity (Wildman–Crippen MR) is 212 cm³/mol. The van der Waals surface area contributed by atoms with Crippen LogP contribution in [0, 0.1) is 5.82 Å². The van der Waals surface area contributed by atoms with Gasteiger partial charge in [-0.25, -0.2) is 12.8 Å². The molecule has 0 aliphatic rings. The van der Waals surface area contributed by atoms with Crippen molar-refractivity contribution in [2.45, 2.75) is 82.4 Å². The summed E-state index contributed by atoms with van der Waals surface area (Å²) in [4.78, 5) is 0. The highest BCUT2D eigenvalue weighted by atomic mass is 32.2. The highest BCUT2D eigenvalue weighted by Crippen LogP contribution is 2.42. The number of aliphatic hydroxyl groups is 1. The molecule has 0 aromatic heterocycles. The van der Waals surface area contributed by atoms with Gasteiger partial charge in [0.05, 0.1) is 6.10 Å². The summed E-state index contributed by atoms with van der Waals surface area (Å²) < 4.78 is 64.7. The Hall–Kier alpha value is -4.48. The number of benzene rings is 5. The first-order chi connectivity index (χ1) is 25.2. The lowest BCUT2D eigenvalue weighted by molar-refractivity contribution is 0.138. The molecule has 10 heteroatoms. The van der Waals surface area contributed by atoms with Gasteiger partial charge in [0, 0.05) is 17.3 Å². The maximum absolute atomic E-state index is 14.4. The van der Waals surface area contributed by atoms with E-state index in [9.17, 15) is 17.9 Å². The number of hydrogen-bond acceptors (Lipinski definition) is 6. The van der Waals surface area contributed by atoms with E-state index in [1.807, 2.05) is 60.7 Å². The van der Waals surface area contributed by atoms with Crippen LogP contribution in [0.15, 0.2) is 133 Å². The average Bonchev–Trinajstić information content (AvgIpc) is 3.13. The fraction of sp³-hybridized carbons (Fsp3) is 0.302. The lowest BCUT2D eigenvalue weighted by atomic mass is 9.98. The number of aliphatic hydroxyl groups excluding tert-OH is 1. The van der Waals surface area contributed by atoms with Crippen LogP contribution in [-0.4, -0.2) is 27.1 Å². The summed E-state index contributed by atoms with van der Waals surface area (Å²) in [5, 5.41) is 10.8. The molecular weight excluding hydrogens is 706 g/mol. The topological polar surface area (TPSA) is 94.1 Å². The van der Waals surface area contributed by atoms with Crippen LogP contribution in [0.1, 0.15) is 68.1 Å². The highest BCUT2D eigenvalue weighted by Gasteiger charge is 2.41. The molecule has 1 unspecified atom stereocenters. The number of sulfonamides is 1. The molecule has 0 spiro atoms. The molecule has 2 N–H and O–H groups in total. The third kappa shape index (κ3) is 11.0. The van der Waals surface area contributed by atoms with Crippen LogP contribution in [0.25, 0.3) is 0 Å². The molecule has 5 rings (SSSR count). The molecule has 7 nitrogen and oxygen atoms in total. The summed E-state index contributed by atoms with van der Waals surface area (Å²) >= 11 is 0. The molecule has 0 amide bonds. The summed E-state index contributed by atoms with van der Waals surface area (Å²) in [5.41, 5.74) is 3.31. The molecule has 280 valence electrons. The van der Waals surface area contributed by atoms with Crippen molar-refractivity contribution in [1.29, 1.82) is 0 Å². The lowest BCUT2D eigenvalue weighted by Crippen LogP contribution is -2.42. The zero-order valence-corrected chi connectivity index (χ0v) is 32.9. The largest absolute Gasteiger partial charge is 0.489 e. The SMILES string of the molecule is CC(C)(C)[Si](C)(C)O[C@H](CCC([C@H](O)c1ccc(OCc2ccccc2)cc1OCc1ccccc1)S(=O)(=O)Nc1ccccc1)c1ccc(F)cc1. The number of rotatable bonds is 17. The Labute approximate surface area is 315 Å². The van der Waals surface area contributed by atoms with Gasteiger partial charge >= 0.3 is 0 Å². The lowest BCUT2D eigenvalue weighted by Gasteiger charge is -2.40. The van der Waals surface area contributed by atoms with Gasteiger partial charge in [-0.1, -0.05) is 112 Å². The molecule has 0 aliphatic heterocycles. The van der Waals surface area contributed by atoms with Gasteiger partial charge in [-0.3, -0.25) is 4.72 Å². The molecule has 0 aliphatic carbocycles. The third-order valence-electron chi connectivity index (χ3n) is 9.77. The molecule has 5 aromatic rings. The van der Waals surface area contributed by atoms with Crippen molar-refractivity contribution >= 4 is 24.0 Å². The van der Waals surface area contributed by atoms with E-state index >= 15 is 0 Å². The van der Waals surface area contributed by atoms with E-state index in [2.05, 4.69) is 38.6 Å². The van der Waals surface area contributed by atoms with Crippen molar-refractivity contribution in [3.63, 3.8) is 0 Å². The molecule has 0 bridgehead atoms. The van der Waals surface area contributed by atoms with Gasteiger partial charge in [-0.15, -0.1) is 0 Å². The predicted octanol–water partition coefficient (Wildman–Crippen LogP) is 10.4. The average molecular weight is 756 g/mol. The zero-order chi connectivity index (χ0) is 38.1. The van der Waals surface area contributed by atoms with Crippen molar-refractivity contribution in [2.24, 2.45) is 0 Å². The molecule has 0 saturated carbocycles. The number of anilines is 1. The van der Waals surface area contributed by atoms with Crippen LogP contribution in [0.2, 0.25) is 18.1 Å². The minimum atomic E-state index is -4.21. The van der Waals surface area contributed by atoms with E-state index in [0.29, 0.717) is 29.4 Å². The first kappa shape index (κ1) is 39.7. The molecule has 5 aromatic carbocycles. The van der Waals surface area contributed by atoms with Crippen LogP contribution in [0.3, 0.4) is 0 Å². The summed E-state index contributed by atoms with van der Waals surface area (Å²) in [6, 6.07) is 39.2. The summed E-state index contributed by atoms with van der Waals surface area (Å²) in [6.07, 6.45) is -1.79. The van der Waals surface area contributed by atoms with Crippen molar-refractivity contribution in [1.82, 2.24) is 0 Å². The summed E-state index contributed by atoms with van der Waals surface area (Å²) in [6.45, 7) is 11.2. The molecule has 0 saturated heterocycles. The van der Waals surface area contributed by atoms with Gasteiger partial charge < -0.3 is 19.0 Å². The molecule has 0 fully saturated rings. The van der Waals surface area contributed by atoms with Crippen molar-refractivity contribution in [2.75, 3.05) is 4.72 Å². The second-order valence-corrected chi connectivity index (χ2v) is 21.4. The number of halogens is 1. The van der Waals surface area contributed by atoms with E-state index in [0.717, 1.165) is 16.7 Å². The third-order valence-corrected chi connectivity index (χ3v) is 16.1. The second kappa shape index (κ2) is 17.6. The Kier molecular flexibility index (Phi) is 13.2. The van der Waals surface area contributed by atoms with Gasteiger partial charge in [-0.05, 0) is 84.1 Å². The monoisotopic (exact) mass is 755 g/mol. The maximum atomic E-state index is 14.4. The number of ether oxygens (including phenoxy) is 2. The zero-order valence-electron chi connectivity index (χ0n) is 31.0. The minimum Gasteiger partial charge on any atom is -0.489 e. The first-order valence-corrected chi connectivity index (χ1v) is 22.3. The number of hydrogen-bond donors (Lipinski definition) is 2. The van der Waals surface area contributed by atoms with Crippen molar-refractivity contribution in [3.05, 3.63) is 162 Å². The Bertz CT molecular complexity index is 1990. The molecule has 3 atom stereocenters. The van der Waals surface area contributed by atoms with Gasteiger partial charge in [-0.2, -0.15) is 0 Å². The van der Waals surface area contributed by atoms with Crippen molar-refractivity contribution in [3.8, 4) is 11.5 Å². The Morgan fingerprint density at radius 3 is 1.85 bits per heavy atom. The van der Waals surface area contributed by atoms with Gasteiger partial charge in [0.25, 0.3) is 0 Å². The van der Waals surface area contributed by atoms with Gasteiger partial charge in [0.15, 0.2) is 8.32 Å². The standard InChI is InChI=1S/C43H50FNO6SSi/c1-43(2,3)53(4,5)51-39(34-21-23-35(44)24-22-34)27-28-41(52(47,48)45-36-19-13-8-14-20-36)42(46)38-26-25-37(49-30-32-15-9-6-10-16-32)29-40(38)50-31-33-17-11-7-12-18-33/h6-26,29,39,41-42,45-46H,27-28,30-31H2,1-5H3/t39-,41?,42-/m1/s1. The van der Waals surface area contributed by atoms with E-state index in [4.69, 9.17) is 13.9 Å². The van der Waals surface area contributed by atoms with E-state index in [1.54, 1.807) is 60.7 Å². The fourth-order valence-electron chi connectivity index (χ4n) is 5.70.